The Bertz CT molecular complexity index is 1000. The van der Waals surface area contributed by atoms with Crippen LogP contribution in [-0.2, 0) is 13.5 Å². The Morgan fingerprint density at radius 1 is 1.30 bits per heavy atom. The van der Waals surface area contributed by atoms with E-state index in [4.69, 9.17) is 0 Å². The van der Waals surface area contributed by atoms with Crippen molar-refractivity contribution in [3.05, 3.63) is 63.7 Å². The number of anilines is 1. The van der Waals surface area contributed by atoms with Gasteiger partial charge in [0.1, 0.15) is 0 Å². The molecule has 0 unspecified atom stereocenters. The maximum absolute atomic E-state index is 12.8. The zero-order valence-electron chi connectivity index (χ0n) is 14.6. The van der Waals surface area contributed by atoms with E-state index in [1.54, 1.807) is 13.1 Å². The molecule has 0 aliphatic carbocycles. The van der Waals surface area contributed by atoms with Gasteiger partial charge in [0.2, 0.25) is 5.16 Å². The number of nitro groups is 1. The second-order valence-electron chi connectivity index (χ2n) is 5.63. The highest BCUT2D eigenvalue weighted by molar-refractivity contribution is 7.99. The molecule has 0 saturated carbocycles. The summed E-state index contributed by atoms with van der Waals surface area (Å²) >= 11 is 1.16. The van der Waals surface area contributed by atoms with Crippen LogP contribution < -0.4 is 5.32 Å². The third kappa shape index (κ3) is 4.29. The zero-order chi connectivity index (χ0) is 19.4. The normalized spacial score (nSPS) is 10.6. The minimum Gasteiger partial charge on any atom is -0.322 e. The van der Waals surface area contributed by atoms with Crippen LogP contribution in [0, 0.1) is 10.1 Å². The highest BCUT2D eigenvalue weighted by Gasteiger charge is 2.19. The maximum Gasteiger partial charge on any atom is 0.270 e. The van der Waals surface area contributed by atoms with E-state index in [1.165, 1.54) is 22.9 Å². The number of benzene rings is 2. The van der Waals surface area contributed by atoms with Gasteiger partial charge < -0.3 is 5.32 Å². The number of hydrogen-bond acceptors (Lipinski definition) is 7. The molecule has 1 amide bonds. The van der Waals surface area contributed by atoms with Gasteiger partial charge in [0, 0.05) is 29.8 Å². The highest BCUT2D eigenvalue weighted by atomic mass is 32.2. The second-order valence-corrected chi connectivity index (χ2v) is 6.64. The first-order valence-electron chi connectivity index (χ1n) is 8.07. The summed E-state index contributed by atoms with van der Waals surface area (Å²) in [4.78, 5) is 23.9. The van der Waals surface area contributed by atoms with Crippen LogP contribution in [0.1, 0.15) is 22.8 Å². The summed E-state index contributed by atoms with van der Waals surface area (Å²) in [5.41, 5.74) is 1.72. The maximum atomic E-state index is 12.8. The Balaban J connectivity index is 1.95. The van der Waals surface area contributed by atoms with Crippen molar-refractivity contribution in [1.82, 2.24) is 20.2 Å². The van der Waals surface area contributed by atoms with Crippen molar-refractivity contribution in [3.8, 4) is 0 Å². The Morgan fingerprint density at radius 2 is 2.11 bits per heavy atom. The summed E-state index contributed by atoms with van der Waals surface area (Å²) in [6.07, 6.45) is 0.834. The summed E-state index contributed by atoms with van der Waals surface area (Å²) in [6.45, 7) is 2.02. The van der Waals surface area contributed by atoms with E-state index in [1.807, 2.05) is 25.1 Å². The van der Waals surface area contributed by atoms with Crippen LogP contribution in [0.5, 0.6) is 0 Å². The van der Waals surface area contributed by atoms with Gasteiger partial charge in [-0.1, -0.05) is 19.1 Å². The summed E-state index contributed by atoms with van der Waals surface area (Å²) in [5.74, 6) is -0.440. The topological polar surface area (TPSA) is 116 Å². The van der Waals surface area contributed by atoms with E-state index in [9.17, 15) is 14.9 Å². The fraction of sp³-hybridized carbons (Fsp3) is 0.176. The van der Waals surface area contributed by atoms with Crippen LogP contribution in [0.25, 0.3) is 0 Å². The van der Waals surface area contributed by atoms with E-state index >= 15 is 0 Å². The van der Waals surface area contributed by atoms with E-state index in [0.717, 1.165) is 23.7 Å². The molecule has 3 aromatic rings. The number of rotatable bonds is 6. The third-order valence-corrected chi connectivity index (χ3v) is 4.90. The molecule has 27 heavy (non-hydrogen) atoms. The summed E-state index contributed by atoms with van der Waals surface area (Å²) in [6, 6.07) is 11.6. The quantitative estimate of drug-likeness (QED) is 0.513. The average Bonchev–Trinajstić information content (AvgIpc) is 3.06. The second kappa shape index (κ2) is 7.96. The predicted molar refractivity (Wildman–Crippen MR) is 99.8 cm³/mol. The van der Waals surface area contributed by atoms with Crippen molar-refractivity contribution in [2.75, 3.05) is 5.32 Å². The molecular weight excluding hydrogens is 368 g/mol. The van der Waals surface area contributed by atoms with Gasteiger partial charge in [-0.25, -0.2) is 4.68 Å². The number of carbonyl (C=O) groups excluding carboxylic acids is 1. The number of nitrogens with one attached hydrogen (secondary N) is 1. The van der Waals surface area contributed by atoms with E-state index in [0.29, 0.717) is 15.7 Å². The van der Waals surface area contributed by atoms with Crippen LogP contribution in [0.4, 0.5) is 11.4 Å². The van der Waals surface area contributed by atoms with Gasteiger partial charge in [0.15, 0.2) is 0 Å². The van der Waals surface area contributed by atoms with Crippen molar-refractivity contribution in [2.45, 2.75) is 23.4 Å². The SMILES string of the molecule is CCc1cccc(NC(=O)c2cc([N+](=O)[O-])ccc2Sc2nnnn2C)c1. The molecule has 0 radical (unpaired) electrons. The molecule has 0 bridgehead atoms. The zero-order valence-corrected chi connectivity index (χ0v) is 15.4. The molecule has 0 aliphatic rings. The van der Waals surface area contributed by atoms with Gasteiger partial charge in [-0.3, -0.25) is 14.9 Å². The number of aromatic nitrogens is 4. The Morgan fingerprint density at radius 3 is 2.78 bits per heavy atom. The molecule has 138 valence electrons. The molecule has 9 nitrogen and oxygen atoms in total. The van der Waals surface area contributed by atoms with Gasteiger partial charge in [-0.2, -0.15) is 0 Å². The first-order valence-corrected chi connectivity index (χ1v) is 8.88. The molecule has 0 atom stereocenters. The number of nitrogens with zero attached hydrogens (tertiary/aromatic N) is 5. The van der Waals surface area contributed by atoms with Gasteiger partial charge in [0.05, 0.1) is 10.5 Å². The van der Waals surface area contributed by atoms with Crippen molar-refractivity contribution >= 4 is 29.0 Å². The average molecular weight is 384 g/mol. The molecule has 0 saturated heterocycles. The smallest absolute Gasteiger partial charge is 0.270 e. The number of tetrazole rings is 1. The van der Waals surface area contributed by atoms with Crippen LogP contribution in [-0.4, -0.2) is 31.0 Å². The minimum atomic E-state index is -0.535. The van der Waals surface area contributed by atoms with Crippen molar-refractivity contribution in [2.24, 2.45) is 7.05 Å². The predicted octanol–water partition coefficient (Wildman–Crippen LogP) is 3.08. The molecule has 10 heteroatoms. The van der Waals surface area contributed by atoms with E-state index in [2.05, 4.69) is 20.8 Å². The largest absolute Gasteiger partial charge is 0.322 e. The fourth-order valence-corrected chi connectivity index (χ4v) is 3.21. The lowest BCUT2D eigenvalue weighted by atomic mass is 10.1. The van der Waals surface area contributed by atoms with Crippen LogP contribution in [0.3, 0.4) is 0 Å². The third-order valence-electron chi connectivity index (χ3n) is 3.79. The molecular formula is C17H16N6O3S. The summed E-state index contributed by atoms with van der Waals surface area (Å²) in [5, 5.41) is 25.6. The first kappa shape index (κ1) is 18.5. The lowest BCUT2D eigenvalue weighted by molar-refractivity contribution is -0.384. The van der Waals surface area contributed by atoms with Crippen molar-refractivity contribution in [3.63, 3.8) is 0 Å². The van der Waals surface area contributed by atoms with Crippen LogP contribution >= 0.6 is 11.8 Å². The lowest BCUT2D eigenvalue weighted by Gasteiger charge is -2.10. The lowest BCUT2D eigenvalue weighted by Crippen LogP contribution is -2.13. The number of nitro benzene ring substituents is 1. The number of hydrogen-bond donors (Lipinski definition) is 1. The minimum absolute atomic E-state index is 0.164. The highest BCUT2D eigenvalue weighted by Crippen LogP contribution is 2.31. The molecule has 2 aromatic carbocycles. The van der Waals surface area contributed by atoms with Crippen LogP contribution in [0.2, 0.25) is 0 Å². The van der Waals surface area contributed by atoms with Crippen molar-refractivity contribution < 1.29 is 9.72 Å². The van der Waals surface area contributed by atoms with E-state index in [-0.39, 0.29) is 11.3 Å². The molecule has 0 aliphatic heterocycles. The molecule has 1 aromatic heterocycles. The van der Waals surface area contributed by atoms with Gasteiger partial charge >= 0.3 is 0 Å². The fourth-order valence-electron chi connectivity index (χ4n) is 2.37. The molecule has 3 rings (SSSR count). The number of amides is 1. The summed E-state index contributed by atoms with van der Waals surface area (Å²) < 4.78 is 1.46. The number of non-ortho nitro benzene ring substituents is 1. The standard InChI is InChI=1S/C17H16N6O3S/c1-3-11-5-4-6-12(9-11)18-16(24)14-10-13(23(25)26)7-8-15(14)27-17-19-20-21-22(17)2/h4-10H,3H2,1-2H3,(H,18,24). The Hall–Kier alpha value is -3.27. The molecule has 0 fully saturated rings. The monoisotopic (exact) mass is 384 g/mol. The summed E-state index contributed by atoms with van der Waals surface area (Å²) in [7, 11) is 1.67. The van der Waals surface area contributed by atoms with Gasteiger partial charge in [0.25, 0.3) is 11.6 Å². The van der Waals surface area contributed by atoms with Gasteiger partial charge in [-0.05, 0) is 52.4 Å². The molecule has 1 N–H and O–H groups in total. The Labute approximate surface area is 158 Å². The van der Waals surface area contributed by atoms with Gasteiger partial charge in [-0.15, -0.1) is 5.10 Å². The first-order chi connectivity index (χ1) is 13.0. The molecule has 0 spiro atoms. The number of aryl methyl sites for hydroxylation is 2. The molecule has 1 heterocycles. The number of carbonyl (C=O) groups is 1. The Kier molecular flexibility index (Phi) is 5.46. The van der Waals surface area contributed by atoms with E-state index < -0.39 is 10.8 Å². The van der Waals surface area contributed by atoms with Crippen LogP contribution in [0.15, 0.2) is 52.5 Å². The van der Waals surface area contributed by atoms with Crippen molar-refractivity contribution in [1.29, 1.82) is 0 Å².